The molecule has 0 spiro atoms. The second kappa shape index (κ2) is 4.87. The van der Waals surface area contributed by atoms with E-state index in [1.54, 1.807) is 18.5 Å². The fraction of sp³-hybridized carbons (Fsp3) is 0.214. The van der Waals surface area contributed by atoms with Crippen molar-refractivity contribution in [3.8, 4) is 0 Å². The van der Waals surface area contributed by atoms with Gasteiger partial charge in [-0.1, -0.05) is 38.1 Å². The quantitative estimate of drug-likeness (QED) is 0.756. The highest BCUT2D eigenvalue weighted by Gasteiger charge is 2.11. The van der Waals surface area contributed by atoms with Gasteiger partial charge in [0.05, 0.1) is 0 Å². The Kier molecular flexibility index (Phi) is 3.28. The summed E-state index contributed by atoms with van der Waals surface area (Å²) >= 11 is 0. The van der Waals surface area contributed by atoms with Gasteiger partial charge in [-0.2, -0.15) is 0 Å². The highest BCUT2D eigenvalue weighted by Crippen LogP contribution is 2.15. The van der Waals surface area contributed by atoms with Gasteiger partial charge in [-0.05, 0) is 17.5 Å². The summed E-state index contributed by atoms with van der Waals surface area (Å²) in [5.41, 5.74) is 1.84. The van der Waals surface area contributed by atoms with Crippen molar-refractivity contribution in [3.63, 3.8) is 0 Å². The third-order valence-corrected chi connectivity index (χ3v) is 2.61. The summed E-state index contributed by atoms with van der Waals surface area (Å²) in [6, 6.07) is 9.29. The monoisotopic (exact) mass is 226 g/mol. The van der Waals surface area contributed by atoms with E-state index in [-0.39, 0.29) is 11.6 Å². The van der Waals surface area contributed by atoms with Crippen LogP contribution in [0, 0.1) is 0 Å². The van der Waals surface area contributed by atoms with E-state index >= 15 is 0 Å². The van der Waals surface area contributed by atoms with Gasteiger partial charge in [0.25, 0.3) is 0 Å². The number of rotatable bonds is 3. The maximum atomic E-state index is 12.0. The van der Waals surface area contributed by atoms with Gasteiger partial charge < -0.3 is 0 Å². The summed E-state index contributed by atoms with van der Waals surface area (Å²) in [6.45, 7) is 4.24. The number of hydrogen-bond donors (Lipinski definition) is 0. The van der Waals surface area contributed by atoms with E-state index in [2.05, 4.69) is 23.8 Å². The minimum atomic E-state index is -0.138. The second-order valence-electron chi connectivity index (χ2n) is 4.18. The van der Waals surface area contributed by atoms with E-state index in [1.165, 1.54) is 5.56 Å². The summed E-state index contributed by atoms with van der Waals surface area (Å²) in [5.74, 6) is 0.567. The number of hydrogen-bond acceptors (Lipinski definition) is 3. The molecular weight excluding hydrogens is 212 g/mol. The molecule has 17 heavy (non-hydrogen) atoms. The molecule has 0 fully saturated rings. The van der Waals surface area contributed by atoms with Crippen LogP contribution in [-0.4, -0.2) is 15.8 Å². The fourth-order valence-electron chi connectivity index (χ4n) is 1.56. The smallest absolute Gasteiger partial charge is 0.230 e. The van der Waals surface area contributed by atoms with Gasteiger partial charge in [0.15, 0.2) is 0 Å². The van der Waals surface area contributed by atoms with Crippen LogP contribution >= 0.6 is 0 Å². The van der Waals surface area contributed by atoms with Crippen molar-refractivity contribution in [1.29, 1.82) is 0 Å². The number of carbonyl (C=O) groups excluding carboxylic acids is 1. The molecule has 0 aliphatic carbocycles. The Morgan fingerprint density at radius 3 is 2.18 bits per heavy atom. The van der Waals surface area contributed by atoms with Crippen LogP contribution in [0.1, 0.15) is 41.5 Å². The van der Waals surface area contributed by atoms with E-state index in [9.17, 15) is 4.79 Å². The normalized spacial score (nSPS) is 10.5. The van der Waals surface area contributed by atoms with Crippen LogP contribution in [0.2, 0.25) is 0 Å². The standard InChI is InChI=1S/C14H14N2O/c1-10(2)11-4-6-12(7-5-11)13(17)14-15-8-3-9-16-14/h3-10H,1-2H3. The fourth-order valence-corrected chi connectivity index (χ4v) is 1.56. The molecule has 86 valence electrons. The molecule has 1 heterocycles. The summed E-state index contributed by atoms with van der Waals surface area (Å²) in [5, 5.41) is 0. The second-order valence-corrected chi connectivity index (χ2v) is 4.18. The highest BCUT2D eigenvalue weighted by atomic mass is 16.1. The number of carbonyl (C=O) groups is 1. The lowest BCUT2D eigenvalue weighted by Gasteiger charge is -2.05. The number of nitrogens with zero attached hydrogens (tertiary/aromatic N) is 2. The molecule has 0 bridgehead atoms. The lowest BCUT2D eigenvalue weighted by atomic mass is 10.0. The van der Waals surface area contributed by atoms with Crippen molar-refractivity contribution in [1.82, 2.24) is 9.97 Å². The van der Waals surface area contributed by atoms with Crippen LogP contribution in [0.15, 0.2) is 42.7 Å². The van der Waals surface area contributed by atoms with Crippen molar-refractivity contribution in [2.24, 2.45) is 0 Å². The molecule has 1 aromatic carbocycles. The molecule has 2 rings (SSSR count). The SMILES string of the molecule is CC(C)c1ccc(C(=O)c2ncccn2)cc1. The van der Waals surface area contributed by atoms with Crippen molar-refractivity contribution >= 4 is 5.78 Å². The molecular formula is C14H14N2O. The predicted octanol–water partition coefficient (Wildman–Crippen LogP) is 2.83. The van der Waals surface area contributed by atoms with E-state index in [0.29, 0.717) is 11.5 Å². The molecule has 2 aromatic rings. The summed E-state index contributed by atoms with van der Waals surface area (Å²) in [4.78, 5) is 19.9. The zero-order valence-electron chi connectivity index (χ0n) is 9.92. The van der Waals surface area contributed by atoms with Crippen molar-refractivity contribution in [3.05, 3.63) is 59.7 Å². The Morgan fingerprint density at radius 2 is 1.65 bits per heavy atom. The van der Waals surface area contributed by atoms with Gasteiger partial charge in [0.2, 0.25) is 11.6 Å². The third kappa shape index (κ3) is 2.56. The average Bonchev–Trinajstić information content (AvgIpc) is 2.39. The largest absolute Gasteiger partial charge is 0.285 e. The number of benzene rings is 1. The molecule has 0 saturated heterocycles. The summed E-state index contributed by atoms with van der Waals surface area (Å²) in [6.07, 6.45) is 3.14. The molecule has 0 saturated carbocycles. The first-order chi connectivity index (χ1) is 8.18. The summed E-state index contributed by atoms with van der Waals surface area (Å²) < 4.78 is 0. The van der Waals surface area contributed by atoms with Crippen LogP contribution in [0.25, 0.3) is 0 Å². The molecule has 0 aliphatic rings. The van der Waals surface area contributed by atoms with Gasteiger partial charge in [0, 0.05) is 18.0 Å². The predicted molar refractivity (Wildman–Crippen MR) is 66.0 cm³/mol. The third-order valence-electron chi connectivity index (χ3n) is 2.61. The average molecular weight is 226 g/mol. The van der Waals surface area contributed by atoms with Gasteiger partial charge >= 0.3 is 0 Å². The first kappa shape index (κ1) is 11.5. The molecule has 0 amide bonds. The molecule has 3 heteroatoms. The van der Waals surface area contributed by atoms with Crippen LogP contribution < -0.4 is 0 Å². The molecule has 0 unspecified atom stereocenters. The Bertz CT molecular complexity index is 504. The van der Waals surface area contributed by atoms with Gasteiger partial charge in [-0.3, -0.25) is 4.79 Å². The van der Waals surface area contributed by atoms with Crippen LogP contribution in [0.5, 0.6) is 0 Å². The topological polar surface area (TPSA) is 42.9 Å². The minimum absolute atomic E-state index is 0.138. The molecule has 0 atom stereocenters. The summed E-state index contributed by atoms with van der Waals surface area (Å²) in [7, 11) is 0. The Labute approximate surface area is 101 Å². The van der Waals surface area contributed by atoms with E-state index in [4.69, 9.17) is 0 Å². The first-order valence-electron chi connectivity index (χ1n) is 5.60. The van der Waals surface area contributed by atoms with Crippen molar-refractivity contribution < 1.29 is 4.79 Å². The lowest BCUT2D eigenvalue weighted by Crippen LogP contribution is -2.06. The Morgan fingerprint density at radius 1 is 1.06 bits per heavy atom. The van der Waals surface area contributed by atoms with Crippen LogP contribution in [0.3, 0.4) is 0 Å². The van der Waals surface area contributed by atoms with Gasteiger partial charge in [0.1, 0.15) is 0 Å². The zero-order chi connectivity index (χ0) is 12.3. The highest BCUT2D eigenvalue weighted by molar-refractivity contribution is 6.06. The molecule has 1 aromatic heterocycles. The zero-order valence-corrected chi connectivity index (χ0v) is 9.92. The van der Waals surface area contributed by atoms with Crippen molar-refractivity contribution in [2.45, 2.75) is 19.8 Å². The van der Waals surface area contributed by atoms with Gasteiger partial charge in [-0.25, -0.2) is 9.97 Å². The Balaban J connectivity index is 2.27. The maximum Gasteiger partial charge on any atom is 0.230 e. The van der Waals surface area contributed by atoms with E-state index < -0.39 is 0 Å². The van der Waals surface area contributed by atoms with E-state index in [0.717, 1.165) is 0 Å². The number of aromatic nitrogens is 2. The Hall–Kier alpha value is -2.03. The molecule has 0 radical (unpaired) electrons. The lowest BCUT2D eigenvalue weighted by molar-refractivity contribution is 0.102. The molecule has 0 N–H and O–H groups in total. The minimum Gasteiger partial charge on any atom is -0.285 e. The van der Waals surface area contributed by atoms with Crippen molar-refractivity contribution in [2.75, 3.05) is 0 Å². The van der Waals surface area contributed by atoms with Crippen LogP contribution in [0.4, 0.5) is 0 Å². The maximum absolute atomic E-state index is 12.0. The number of ketones is 1. The van der Waals surface area contributed by atoms with Crippen LogP contribution in [-0.2, 0) is 0 Å². The molecule has 3 nitrogen and oxygen atoms in total. The first-order valence-corrected chi connectivity index (χ1v) is 5.60. The van der Waals surface area contributed by atoms with Gasteiger partial charge in [-0.15, -0.1) is 0 Å². The van der Waals surface area contributed by atoms with E-state index in [1.807, 2.05) is 24.3 Å². The molecule has 0 aliphatic heterocycles.